The van der Waals surface area contributed by atoms with Gasteiger partial charge in [0.15, 0.2) is 0 Å². The van der Waals surface area contributed by atoms with Crippen LogP contribution in [-0.2, 0) is 0 Å². The van der Waals surface area contributed by atoms with Gasteiger partial charge in [-0.05, 0) is 55.3 Å². The molecule has 4 bridgehead atoms. The molecule has 4 aliphatic rings. The number of hydrogen-bond acceptors (Lipinski definition) is 0. The summed E-state index contributed by atoms with van der Waals surface area (Å²) in [6.07, 6.45) is 5.99. The Kier molecular flexibility index (Phi) is 1.29. The third kappa shape index (κ3) is 0.739. The number of hydrogen-bond donors (Lipinski definition) is 0. The molecule has 5 unspecified atom stereocenters. The van der Waals surface area contributed by atoms with Gasteiger partial charge in [-0.1, -0.05) is 19.1 Å². The SMILES string of the molecule is C=C1C2CC3CC(C2)C(C)C1C3. The van der Waals surface area contributed by atoms with Gasteiger partial charge in [0.1, 0.15) is 0 Å². The lowest BCUT2D eigenvalue weighted by atomic mass is 9.51. The minimum absolute atomic E-state index is 0.918. The van der Waals surface area contributed by atoms with Crippen LogP contribution in [0.4, 0.5) is 0 Å². The highest BCUT2D eigenvalue weighted by Crippen LogP contribution is 2.58. The van der Waals surface area contributed by atoms with Gasteiger partial charge < -0.3 is 0 Å². The molecule has 0 amide bonds. The van der Waals surface area contributed by atoms with E-state index in [0.717, 1.165) is 29.6 Å². The van der Waals surface area contributed by atoms with E-state index < -0.39 is 0 Å². The van der Waals surface area contributed by atoms with Crippen molar-refractivity contribution in [3.8, 4) is 0 Å². The molecule has 0 heterocycles. The van der Waals surface area contributed by atoms with E-state index in [1.54, 1.807) is 12.0 Å². The summed E-state index contributed by atoms with van der Waals surface area (Å²) in [5.41, 5.74) is 1.62. The maximum Gasteiger partial charge on any atom is -0.0172 e. The van der Waals surface area contributed by atoms with Crippen molar-refractivity contribution in [2.45, 2.75) is 32.6 Å². The molecular formula is C12H18. The molecule has 0 spiro atoms. The highest BCUT2D eigenvalue weighted by atomic mass is 14.5. The second-order valence-corrected chi connectivity index (χ2v) is 5.31. The molecule has 0 aliphatic heterocycles. The molecule has 0 aromatic rings. The standard InChI is InChI=1S/C12H18/c1-7-10-3-9-4-11(6-10)8(2)12(7)5-9/h8-12H,1,3-6H2,2H3. The van der Waals surface area contributed by atoms with Gasteiger partial charge in [-0.3, -0.25) is 0 Å². The van der Waals surface area contributed by atoms with Crippen LogP contribution in [0, 0.1) is 29.6 Å². The van der Waals surface area contributed by atoms with Crippen LogP contribution < -0.4 is 0 Å². The van der Waals surface area contributed by atoms with Gasteiger partial charge in [-0.15, -0.1) is 0 Å². The average Bonchev–Trinajstić information content (AvgIpc) is 2.07. The lowest BCUT2D eigenvalue weighted by Crippen LogP contribution is -2.45. The summed E-state index contributed by atoms with van der Waals surface area (Å²) in [6, 6.07) is 0. The third-order valence-electron chi connectivity index (χ3n) is 4.81. The summed E-state index contributed by atoms with van der Waals surface area (Å²) in [5.74, 6) is 4.97. The van der Waals surface area contributed by atoms with Crippen molar-refractivity contribution in [2.24, 2.45) is 29.6 Å². The molecular weight excluding hydrogens is 144 g/mol. The van der Waals surface area contributed by atoms with Gasteiger partial charge >= 0.3 is 0 Å². The van der Waals surface area contributed by atoms with E-state index >= 15 is 0 Å². The first-order valence-corrected chi connectivity index (χ1v) is 5.44. The summed E-state index contributed by atoms with van der Waals surface area (Å²) >= 11 is 0. The number of rotatable bonds is 0. The van der Waals surface area contributed by atoms with Gasteiger partial charge in [0.05, 0.1) is 0 Å². The highest BCUT2D eigenvalue weighted by Gasteiger charge is 2.48. The van der Waals surface area contributed by atoms with Crippen LogP contribution in [0.3, 0.4) is 0 Å². The van der Waals surface area contributed by atoms with Gasteiger partial charge in [-0.2, -0.15) is 0 Å². The zero-order valence-corrected chi connectivity index (χ0v) is 7.92. The second-order valence-electron chi connectivity index (χ2n) is 5.31. The van der Waals surface area contributed by atoms with Crippen molar-refractivity contribution in [3.63, 3.8) is 0 Å². The molecule has 12 heavy (non-hydrogen) atoms. The van der Waals surface area contributed by atoms with Crippen LogP contribution in [0.15, 0.2) is 12.2 Å². The monoisotopic (exact) mass is 162 g/mol. The molecule has 0 N–H and O–H groups in total. The second kappa shape index (κ2) is 2.16. The molecule has 0 heteroatoms. The zero-order chi connectivity index (χ0) is 8.29. The van der Waals surface area contributed by atoms with Crippen molar-refractivity contribution in [1.82, 2.24) is 0 Å². The van der Waals surface area contributed by atoms with Gasteiger partial charge in [-0.25, -0.2) is 0 Å². The molecule has 4 rings (SSSR count). The van der Waals surface area contributed by atoms with Crippen LogP contribution in [0.25, 0.3) is 0 Å². The molecule has 5 atom stereocenters. The summed E-state index contributed by atoms with van der Waals surface area (Å²) in [5, 5.41) is 0. The fourth-order valence-electron chi connectivity index (χ4n) is 4.10. The van der Waals surface area contributed by atoms with Gasteiger partial charge in [0.2, 0.25) is 0 Å². The molecule has 66 valence electrons. The van der Waals surface area contributed by atoms with E-state index in [1.807, 2.05) is 0 Å². The van der Waals surface area contributed by atoms with Crippen LogP contribution in [0.5, 0.6) is 0 Å². The fraction of sp³-hybridized carbons (Fsp3) is 0.833. The first-order valence-electron chi connectivity index (χ1n) is 5.44. The quantitative estimate of drug-likeness (QED) is 0.480. The first kappa shape index (κ1) is 7.17. The zero-order valence-electron chi connectivity index (χ0n) is 7.92. The average molecular weight is 162 g/mol. The maximum atomic E-state index is 4.30. The predicted molar refractivity (Wildman–Crippen MR) is 50.7 cm³/mol. The lowest BCUT2D eigenvalue weighted by Gasteiger charge is -2.54. The van der Waals surface area contributed by atoms with E-state index in [-0.39, 0.29) is 0 Å². The van der Waals surface area contributed by atoms with E-state index in [9.17, 15) is 0 Å². The van der Waals surface area contributed by atoms with Gasteiger partial charge in [0.25, 0.3) is 0 Å². The van der Waals surface area contributed by atoms with Crippen molar-refractivity contribution >= 4 is 0 Å². The molecule has 0 nitrogen and oxygen atoms in total. The first-order chi connectivity index (χ1) is 5.75. The van der Waals surface area contributed by atoms with Crippen LogP contribution in [0.1, 0.15) is 32.6 Å². The minimum atomic E-state index is 0.918. The van der Waals surface area contributed by atoms with Crippen LogP contribution >= 0.6 is 0 Å². The Morgan fingerprint density at radius 2 is 2.00 bits per heavy atom. The van der Waals surface area contributed by atoms with Crippen LogP contribution in [-0.4, -0.2) is 0 Å². The third-order valence-corrected chi connectivity index (χ3v) is 4.81. The van der Waals surface area contributed by atoms with Crippen molar-refractivity contribution in [1.29, 1.82) is 0 Å². The topological polar surface area (TPSA) is 0 Å². The van der Waals surface area contributed by atoms with E-state index in [0.29, 0.717) is 0 Å². The van der Waals surface area contributed by atoms with E-state index in [4.69, 9.17) is 0 Å². The normalized spacial score (nSPS) is 56.4. The smallest absolute Gasteiger partial charge is 0.0172 e. The Bertz CT molecular complexity index is 228. The summed E-state index contributed by atoms with van der Waals surface area (Å²) in [4.78, 5) is 0. The minimum Gasteiger partial charge on any atom is -0.0993 e. The summed E-state index contributed by atoms with van der Waals surface area (Å²) in [7, 11) is 0. The maximum absolute atomic E-state index is 4.30. The molecule has 0 aromatic carbocycles. The molecule has 0 aromatic heterocycles. The van der Waals surface area contributed by atoms with Gasteiger partial charge in [0, 0.05) is 0 Å². The lowest BCUT2D eigenvalue weighted by molar-refractivity contribution is 0.0185. The van der Waals surface area contributed by atoms with E-state index in [2.05, 4.69) is 13.5 Å². The molecule has 0 radical (unpaired) electrons. The fourth-order valence-corrected chi connectivity index (χ4v) is 4.10. The largest absolute Gasteiger partial charge is 0.0993 e. The number of allylic oxidation sites excluding steroid dienone is 1. The Balaban J connectivity index is 1.98. The highest BCUT2D eigenvalue weighted by molar-refractivity contribution is 5.18. The molecule has 0 saturated heterocycles. The summed E-state index contributed by atoms with van der Waals surface area (Å²) < 4.78 is 0. The Hall–Kier alpha value is -0.260. The Morgan fingerprint density at radius 1 is 1.17 bits per heavy atom. The Labute approximate surface area is 75.0 Å². The van der Waals surface area contributed by atoms with Crippen LogP contribution in [0.2, 0.25) is 0 Å². The predicted octanol–water partition coefficient (Wildman–Crippen LogP) is 3.24. The van der Waals surface area contributed by atoms with Crippen molar-refractivity contribution in [3.05, 3.63) is 12.2 Å². The summed E-state index contributed by atoms with van der Waals surface area (Å²) in [6.45, 7) is 6.76. The molecule has 4 aliphatic carbocycles. The molecule has 4 saturated carbocycles. The van der Waals surface area contributed by atoms with Crippen molar-refractivity contribution < 1.29 is 0 Å². The van der Waals surface area contributed by atoms with Crippen molar-refractivity contribution in [2.75, 3.05) is 0 Å². The van der Waals surface area contributed by atoms with E-state index in [1.165, 1.54) is 19.3 Å². The molecule has 4 fully saturated rings. The Morgan fingerprint density at radius 3 is 2.83 bits per heavy atom.